The van der Waals surface area contributed by atoms with Crippen LogP contribution >= 0.6 is 0 Å². The van der Waals surface area contributed by atoms with Gasteiger partial charge in [0, 0.05) is 25.3 Å². The number of benzene rings is 1. The Labute approximate surface area is 151 Å². The number of likely N-dealkylation sites (tertiary alicyclic amines) is 1. The minimum absolute atomic E-state index is 0.240. The van der Waals surface area contributed by atoms with Crippen molar-refractivity contribution in [2.75, 3.05) is 6.54 Å². The first-order valence-electron chi connectivity index (χ1n) is 8.91. The van der Waals surface area contributed by atoms with Gasteiger partial charge in [0.25, 0.3) is 0 Å². The lowest BCUT2D eigenvalue weighted by atomic mass is 9.73. The van der Waals surface area contributed by atoms with Crippen molar-refractivity contribution in [2.45, 2.75) is 37.8 Å². The molecule has 1 saturated heterocycles. The van der Waals surface area contributed by atoms with Crippen molar-refractivity contribution in [3.63, 3.8) is 0 Å². The first-order chi connectivity index (χ1) is 12.5. The lowest BCUT2D eigenvalue weighted by Gasteiger charge is -2.52. The maximum Gasteiger partial charge on any atom is 0.238 e. The van der Waals surface area contributed by atoms with Crippen LogP contribution in [0.25, 0.3) is 0 Å². The third-order valence-corrected chi connectivity index (χ3v) is 5.44. The molecular weight excluding hydrogens is 332 g/mol. The number of ether oxygens (including phenoxy) is 1. The molecule has 6 nitrogen and oxygen atoms in total. The molecule has 4 rings (SSSR count). The second-order valence-corrected chi connectivity index (χ2v) is 7.18. The first-order valence-corrected chi connectivity index (χ1v) is 8.91. The summed E-state index contributed by atoms with van der Waals surface area (Å²) in [4.78, 5) is 26.9. The molecule has 26 heavy (non-hydrogen) atoms. The number of carbonyl (C=O) groups is 2. The van der Waals surface area contributed by atoms with Gasteiger partial charge in [-0.15, -0.1) is 0 Å². The van der Waals surface area contributed by atoms with E-state index in [1.54, 1.807) is 11.2 Å². The SMILES string of the molecule is CC12CC(c3ccccc3O1)C(C(N)=O)C(=O)N2CCCc1ccco1. The second-order valence-electron chi connectivity index (χ2n) is 7.18. The Hall–Kier alpha value is -2.76. The van der Waals surface area contributed by atoms with Gasteiger partial charge in [-0.1, -0.05) is 18.2 Å². The molecule has 0 spiro atoms. The number of carbonyl (C=O) groups excluding carboxylic acids is 2. The number of furan rings is 1. The number of amides is 2. The molecule has 2 aliphatic heterocycles. The van der Waals surface area contributed by atoms with E-state index in [0.29, 0.717) is 19.4 Å². The number of fused-ring (bicyclic) bond motifs is 4. The molecule has 2 amide bonds. The number of piperidine rings is 1. The van der Waals surface area contributed by atoms with Crippen LogP contribution in [-0.4, -0.2) is 29.0 Å². The van der Waals surface area contributed by atoms with Gasteiger partial charge in [0.05, 0.1) is 6.26 Å². The van der Waals surface area contributed by atoms with Gasteiger partial charge in [-0.05, 0) is 37.1 Å². The lowest BCUT2D eigenvalue weighted by Crippen LogP contribution is -2.64. The fourth-order valence-corrected chi connectivity index (χ4v) is 4.25. The first kappa shape index (κ1) is 16.7. The molecule has 2 N–H and O–H groups in total. The molecule has 0 aliphatic carbocycles. The highest BCUT2D eigenvalue weighted by Gasteiger charge is 2.55. The average Bonchev–Trinajstić information content (AvgIpc) is 3.10. The Kier molecular flexibility index (Phi) is 3.98. The minimum Gasteiger partial charge on any atom is -0.469 e. The number of hydrogen-bond donors (Lipinski definition) is 1. The summed E-state index contributed by atoms with van der Waals surface area (Å²) in [5, 5.41) is 0. The summed E-state index contributed by atoms with van der Waals surface area (Å²) >= 11 is 0. The number of aryl methyl sites for hydroxylation is 1. The van der Waals surface area contributed by atoms with E-state index >= 15 is 0 Å². The normalized spacial score (nSPS) is 27.0. The molecule has 1 fully saturated rings. The minimum atomic E-state index is -0.850. The number of nitrogens with two attached hydrogens (primary N) is 1. The van der Waals surface area contributed by atoms with Gasteiger partial charge in [-0.25, -0.2) is 0 Å². The van der Waals surface area contributed by atoms with Crippen LogP contribution in [0.3, 0.4) is 0 Å². The predicted octanol–water partition coefficient (Wildman–Crippen LogP) is 2.44. The molecule has 1 aromatic heterocycles. The maximum absolute atomic E-state index is 13.1. The molecule has 3 atom stereocenters. The van der Waals surface area contributed by atoms with E-state index in [1.165, 1.54) is 0 Å². The van der Waals surface area contributed by atoms with Crippen molar-refractivity contribution in [3.8, 4) is 5.75 Å². The van der Waals surface area contributed by atoms with E-state index in [1.807, 2.05) is 43.3 Å². The van der Waals surface area contributed by atoms with Gasteiger partial charge in [-0.2, -0.15) is 0 Å². The van der Waals surface area contributed by atoms with E-state index in [0.717, 1.165) is 23.5 Å². The number of hydrogen-bond acceptors (Lipinski definition) is 4. The zero-order chi connectivity index (χ0) is 18.3. The molecule has 136 valence electrons. The smallest absolute Gasteiger partial charge is 0.238 e. The van der Waals surface area contributed by atoms with Crippen LogP contribution in [0.2, 0.25) is 0 Å². The molecule has 2 aliphatic rings. The van der Waals surface area contributed by atoms with Crippen LogP contribution in [0.1, 0.15) is 37.0 Å². The van der Waals surface area contributed by atoms with Gasteiger partial charge in [-0.3, -0.25) is 9.59 Å². The van der Waals surface area contributed by atoms with Crippen LogP contribution in [0.5, 0.6) is 5.75 Å². The third kappa shape index (κ3) is 2.66. The molecule has 0 saturated carbocycles. The number of rotatable bonds is 5. The number of nitrogens with zero attached hydrogens (tertiary/aromatic N) is 1. The maximum atomic E-state index is 13.1. The van der Waals surface area contributed by atoms with Gasteiger partial charge in [0.1, 0.15) is 17.4 Å². The molecule has 3 heterocycles. The van der Waals surface area contributed by atoms with Crippen molar-refractivity contribution in [2.24, 2.45) is 11.7 Å². The van der Waals surface area contributed by atoms with Crippen LogP contribution in [0, 0.1) is 5.92 Å². The molecule has 1 aromatic carbocycles. The van der Waals surface area contributed by atoms with Crippen molar-refractivity contribution < 1.29 is 18.7 Å². The average molecular weight is 354 g/mol. The Balaban J connectivity index is 1.63. The molecule has 3 unspecified atom stereocenters. The van der Waals surface area contributed by atoms with Crippen LogP contribution in [0.4, 0.5) is 0 Å². The Bertz CT molecular complexity index is 832. The van der Waals surface area contributed by atoms with Gasteiger partial charge in [0.15, 0.2) is 5.72 Å². The monoisotopic (exact) mass is 354 g/mol. The summed E-state index contributed by atoms with van der Waals surface area (Å²) < 4.78 is 11.6. The molecule has 0 radical (unpaired) electrons. The van der Waals surface area contributed by atoms with Gasteiger partial charge >= 0.3 is 0 Å². The Morgan fingerprint density at radius 2 is 2.12 bits per heavy atom. The van der Waals surface area contributed by atoms with Gasteiger partial charge < -0.3 is 19.8 Å². The summed E-state index contributed by atoms with van der Waals surface area (Å²) in [7, 11) is 0. The second kappa shape index (κ2) is 6.20. The Morgan fingerprint density at radius 3 is 2.85 bits per heavy atom. The summed E-state index contributed by atoms with van der Waals surface area (Å²) in [5.74, 6) is -0.312. The fraction of sp³-hybridized carbons (Fsp3) is 0.400. The molecular formula is C20H22N2O4. The topological polar surface area (TPSA) is 85.8 Å². The highest BCUT2D eigenvalue weighted by molar-refractivity contribution is 6.01. The predicted molar refractivity (Wildman–Crippen MR) is 94.3 cm³/mol. The van der Waals surface area contributed by atoms with E-state index in [9.17, 15) is 9.59 Å². The van der Waals surface area contributed by atoms with Crippen molar-refractivity contribution in [1.82, 2.24) is 4.90 Å². The molecule has 2 aromatic rings. The summed E-state index contributed by atoms with van der Waals surface area (Å²) in [6.45, 7) is 2.40. The standard InChI is InChI=1S/C20H22N2O4/c1-20-12-15(14-8-2-3-9-16(14)26-20)17(18(21)23)19(24)22(20)10-4-6-13-7-5-11-25-13/h2-3,5,7-9,11,15,17H,4,6,10,12H2,1H3,(H2,21,23). The number of para-hydroxylation sites is 1. The highest BCUT2D eigenvalue weighted by atomic mass is 16.5. The van der Waals surface area contributed by atoms with Crippen molar-refractivity contribution in [3.05, 3.63) is 54.0 Å². The van der Waals surface area contributed by atoms with E-state index < -0.39 is 17.6 Å². The summed E-state index contributed by atoms with van der Waals surface area (Å²) in [6.07, 6.45) is 3.63. The zero-order valence-electron chi connectivity index (χ0n) is 14.7. The van der Waals surface area contributed by atoms with E-state index in [4.69, 9.17) is 14.9 Å². The Morgan fingerprint density at radius 1 is 1.31 bits per heavy atom. The van der Waals surface area contributed by atoms with Crippen LogP contribution in [-0.2, 0) is 16.0 Å². The fourth-order valence-electron chi connectivity index (χ4n) is 4.25. The third-order valence-electron chi connectivity index (χ3n) is 5.44. The largest absolute Gasteiger partial charge is 0.469 e. The van der Waals surface area contributed by atoms with E-state index in [-0.39, 0.29) is 11.8 Å². The van der Waals surface area contributed by atoms with Crippen molar-refractivity contribution in [1.29, 1.82) is 0 Å². The molecule has 6 heteroatoms. The number of primary amides is 1. The highest BCUT2D eigenvalue weighted by Crippen LogP contribution is 2.49. The van der Waals surface area contributed by atoms with Crippen LogP contribution < -0.4 is 10.5 Å². The zero-order valence-corrected chi connectivity index (χ0v) is 14.7. The van der Waals surface area contributed by atoms with Gasteiger partial charge in [0.2, 0.25) is 11.8 Å². The van der Waals surface area contributed by atoms with Crippen LogP contribution in [0.15, 0.2) is 47.1 Å². The summed E-state index contributed by atoms with van der Waals surface area (Å²) in [6, 6.07) is 11.3. The summed E-state index contributed by atoms with van der Waals surface area (Å²) in [5.41, 5.74) is 5.73. The quantitative estimate of drug-likeness (QED) is 0.836. The van der Waals surface area contributed by atoms with E-state index in [2.05, 4.69) is 0 Å². The lowest BCUT2D eigenvalue weighted by molar-refractivity contribution is -0.175. The molecule has 2 bridgehead atoms. The van der Waals surface area contributed by atoms with Crippen molar-refractivity contribution >= 4 is 11.8 Å².